The van der Waals surface area contributed by atoms with Crippen LogP contribution in [0.1, 0.15) is 12.8 Å². The van der Waals surface area contributed by atoms with Gasteiger partial charge in [-0.15, -0.1) is 0 Å². The van der Waals surface area contributed by atoms with Crippen LogP contribution in [0.3, 0.4) is 0 Å². The zero-order valence-electron chi connectivity index (χ0n) is 12.9. The summed E-state index contributed by atoms with van der Waals surface area (Å²) < 4.78 is 19.3. The van der Waals surface area contributed by atoms with E-state index in [-0.39, 0.29) is 17.7 Å². The summed E-state index contributed by atoms with van der Waals surface area (Å²) in [5.74, 6) is -0.573. The van der Waals surface area contributed by atoms with Crippen LogP contribution in [0.25, 0.3) is 0 Å². The summed E-state index contributed by atoms with van der Waals surface area (Å²) in [5.41, 5.74) is 6.67. The second-order valence-electron chi connectivity index (χ2n) is 5.62. The standard InChI is InChI=1S/C16H17FN4O3/c17-13-4-1-7-19-16(13)24-12-3-2-8-20(10-12)15-9-11(18)5-6-14(15)21(22)23/h1,4-7,9,12H,2-3,8,10,18H2/t12-/m1/s1. The molecule has 1 fully saturated rings. The van der Waals surface area contributed by atoms with E-state index in [4.69, 9.17) is 10.5 Å². The first-order chi connectivity index (χ1) is 11.5. The minimum Gasteiger partial charge on any atom is -0.470 e. The monoisotopic (exact) mass is 332 g/mol. The van der Waals surface area contributed by atoms with Crippen LogP contribution in [0.5, 0.6) is 5.88 Å². The summed E-state index contributed by atoms with van der Waals surface area (Å²) >= 11 is 0. The Hall–Kier alpha value is -2.90. The molecule has 24 heavy (non-hydrogen) atoms. The number of halogens is 1. The molecular weight excluding hydrogens is 315 g/mol. The van der Waals surface area contributed by atoms with Gasteiger partial charge in [0.25, 0.3) is 11.6 Å². The second-order valence-corrected chi connectivity index (χ2v) is 5.62. The van der Waals surface area contributed by atoms with Crippen molar-refractivity contribution >= 4 is 17.1 Å². The van der Waals surface area contributed by atoms with Crippen LogP contribution in [0.4, 0.5) is 21.5 Å². The van der Waals surface area contributed by atoms with Crippen molar-refractivity contribution in [1.82, 2.24) is 4.98 Å². The van der Waals surface area contributed by atoms with Gasteiger partial charge in [0.1, 0.15) is 11.8 Å². The molecule has 7 nitrogen and oxygen atoms in total. The highest BCUT2D eigenvalue weighted by Gasteiger charge is 2.27. The molecule has 0 spiro atoms. The lowest BCUT2D eigenvalue weighted by molar-refractivity contribution is -0.384. The molecule has 8 heteroatoms. The highest BCUT2D eigenvalue weighted by molar-refractivity contribution is 5.69. The molecule has 1 aromatic heterocycles. The minimum atomic E-state index is -0.524. The fourth-order valence-corrected chi connectivity index (χ4v) is 2.82. The zero-order chi connectivity index (χ0) is 17.1. The van der Waals surface area contributed by atoms with Gasteiger partial charge in [-0.05, 0) is 37.1 Å². The molecule has 2 aromatic rings. The van der Waals surface area contributed by atoms with E-state index in [1.807, 2.05) is 4.90 Å². The molecule has 0 radical (unpaired) electrons. The van der Waals surface area contributed by atoms with Crippen LogP contribution in [0, 0.1) is 15.9 Å². The van der Waals surface area contributed by atoms with Gasteiger partial charge in [0, 0.05) is 24.5 Å². The number of rotatable bonds is 4. The third-order valence-corrected chi connectivity index (χ3v) is 3.92. The van der Waals surface area contributed by atoms with E-state index in [1.54, 1.807) is 6.07 Å². The number of nitrogens with zero attached hydrogens (tertiary/aromatic N) is 3. The number of nitrogen functional groups attached to an aromatic ring is 1. The zero-order valence-corrected chi connectivity index (χ0v) is 12.9. The van der Waals surface area contributed by atoms with Crippen LogP contribution < -0.4 is 15.4 Å². The molecular formula is C16H17FN4O3. The number of hydrogen-bond donors (Lipinski definition) is 1. The lowest BCUT2D eigenvalue weighted by Gasteiger charge is -2.34. The van der Waals surface area contributed by atoms with Gasteiger partial charge in [-0.2, -0.15) is 0 Å². The van der Waals surface area contributed by atoms with Crippen LogP contribution in [0.2, 0.25) is 0 Å². The highest BCUT2D eigenvalue weighted by Crippen LogP contribution is 2.32. The largest absolute Gasteiger partial charge is 0.470 e. The van der Waals surface area contributed by atoms with Crippen LogP contribution >= 0.6 is 0 Å². The van der Waals surface area contributed by atoms with Crippen molar-refractivity contribution in [2.24, 2.45) is 0 Å². The van der Waals surface area contributed by atoms with Gasteiger partial charge < -0.3 is 15.4 Å². The number of aromatic nitrogens is 1. The van der Waals surface area contributed by atoms with Crippen molar-refractivity contribution in [3.63, 3.8) is 0 Å². The van der Waals surface area contributed by atoms with E-state index >= 15 is 0 Å². The number of hydrogen-bond acceptors (Lipinski definition) is 6. The molecule has 1 atom stereocenters. The predicted molar refractivity (Wildman–Crippen MR) is 87.6 cm³/mol. The fourth-order valence-electron chi connectivity index (χ4n) is 2.82. The minimum absolute atomic E-state index is 0.00568. The number of nitrogens with two attached hydrogens (primary N) is 1. The Morgan fingerprint density at radius 1 is 1.42 bits per heavy atom. The Bertz CT molecular complexity index is 756. The smallest absolute Gasteiger partial charge is 0.292 e. The predicted octanol–water partition coefficient (Wildman–Crippen LogP) is 2.76. The average Bonchev–Trinajstić information content (AvgIpc) is 2.57. The van der Waals surface area contributed by atoms with Gasteiger partial charge in [0.05, 0.1) is 11.5 Å². The van der Waals surface area contributed by atoms with E-state index in [9.17, 15) is 14.5 Å². The first-order valence-corrected chi connectivity index (χ1v) is 7.60. The van der Waals surface area contributed by atoms with E-state index in [2.05, 4.69) is 4.98 Å². The van der Waals surface area contributed by atoms with Gasteiger partial charge in [0.15, 0.2) is 5.82 Å². The molecule has 2 heterocycles. The van der Waals surface area contributed by atoms with Gasteiger partial charge >= 0.3 is 0 Å². The molecule has 0 bridgehead atoms. The summed E-state index contributed by atoms with van der Waals surface area (Å²) in [4.78, 5) is 16.5. The molecule has 3 rings (SSSR count). The Morgan fingerprint density at radius 3 is 3.00 bits per heavy atom. The van der Waals surface area contributed by atoms with E-state index < -0.39 is 10.7 Å². The van der Waals surface area contributed by atoms with Crippen LogP contribution in [0.15, 0.2) is 36.5 Å². The first kappa shape index (κ1) is 16.0. The Morgan fingerprint density at radius 2 is 2.25 bits per heavy atom. The lowest BCUT2D eigenvalue weighted by Crippen LogP contribution is -2.41. The summed E-state index contributed by atoms with van der Waals surface area (Å²) in [5, 5.41) is 11.2. The van der Waals surface area contributed by atoms with Crippen molar-refractivity contribution in [3.05, 3.63) is 52.5 Å². The van der Waals surface area contributed by atoms with Gasteiger partial charge in [0.2, 0.25) is 0 Å². The summed E-state index contributed by atoms with van der Waals surface area (Å²) in [6.07, 6.45) is 2.65. The Kier molecular flexibility index (Phi) is 4.45. The van der Waals surface area contributed by atoms with Crippen LogP contribution in [-0.4, -0.2) is 29.1 Å². The topological polar surface area (TPSA) is 94.5 Å². The maximum atomic E-state index is 13.7. The number of nitro benzene ring substituents is 1. The number of benzene rings is 1. The molecule has 0 unspecified atom stereocenters. The molecule has 1 saturated heterocycles. The molecule has 2 N–H and O–H groups in total. The van der Waals surface area contributed by atoms with Crippen molar-refractivity contribution < 1.29 is 14.1 Å². The summed E-state index contributed by atoms with van der Waals surface area (Å²) in [6, 6.07) is 7.26. The quantitative estimate of drug-likeness (QED) is 0.525. The number of ether oxygens (including phenoxy) is 1. The van der Waals surface area contributed by atoms with Crippen molar-refractivity contribution in [2.75, 3.05) is 23.7 Å². The molecule has 1 aliphatic heterocycles. The molecule has 0 amide bonds. The molecule has 1 aromatic carbocycles. The maximum Gasteiger partial charge on any atom is 0.292 e. The summed E-state index contributed by atoms with van der Waals surface area (Å²) in [6.45, 7) is 1.05. The number of pyridine rings is 1. The Balaban J connectivity index is 1.80. The average molecular weight is 332 g/mol. The van der Waals surface area contributed by atoms with Crippen molar-refractivity contribution in [1.29, 1.82) is 0 Å². The van der Waals surface area contributed by atoms with E-state index in [1.165, 1.54) is 30.5 Å². The second kappa shape index (κ2) is 6.69. The van der Waals surface area contributed by atoms with Gasteiger partial charge in [-0.1, -0.05) is 0 Å². The van der Waals surface area contributed by atoms with E-state index in [0.717, 1.165) is 12.8 Å². The third kappa shape index (κ3) is 3.37. The Labute approximate surface area is 138 Å². The van der Waals surface area contributed by atoms with Crippen molar-refractivity contribution in [2.45, 2.75) is 18.9 Å². The van der Waals surface area contributed by atoms with Crippen LogP contribution in [-0.2, 0) is 0 Å². The van der Waals surface area contributed by atoms with Gasteiger partial charge in [-0.3, -0.25) is 10.1 Å². The van der Waals surface area contributed by atoms with Gasteiger partial charge in [-0.25, -0.2) is 9.37 Å². The SMILES string of the molecule is Nc1ccc([N+](=O)[O-])c(N2CCC[C@@H](Oc3ncccc3F)C2)c1. The number of nitro groups is 1. The molecule has 126 valence electrons. The first-order valence-electron chi connectivity index (χ1n) is 7.60. The maximum absolute atomic E-state index is 13.7. The number of anilines is 2. The third-order valence-electron chi connectivity index (χ3n) is 3.92. The summed E-state index contributed by atoms with van der Waals surface area (Å²) in [7, 11) is 0. The lowest BCUT2D eigenvalue weighted by atomic mass is 10.1. The number of piperidine rings is 1. The fraction of sp³-hybridized carbons (Fsp3) is 0.312. The molecule has 0 saturated carbocycles. The molecule has 0 aliphatic carbocycles. The van der Waals surface area contributed by atoms with E-state index in [0.29, 0.717) is 24.5 Å². The molecule has 1 aliphatic rings. The normalized spacial score (nSPS) is 17.5. The highest BCUT2D eigenvalue weighted by atomic mass is 19.1. The van der Waals surface area contributed by atoms with Crippen molar-refractivity contribution in [3.8, 4) is 5.88 Å².